The first-order valence-corrected chi connectivity index (χ1v) is 11.3. The van der Waals surface area contributed by atoms with Crippen LogP contribution in [-0.4, -0.2) is 34.7 Å². The zero-order valence-corrected chi connectivity index (χ0v) is 17.3. The number of carbonyl (C=O) groups excluding carboxylic acids is 3. The summed E-state index contributed by atoms with van der Waals surface area (Å²) in [6, 6.07) is 17.5. The Kier molecular flexibility index (Phi) is 4.09. The number of para-hydroxylation sites is 1. The third-order valence-corrected chi connectivity index (χ3v) is 7.81. The molecule has 0 unspecified atom stereocenters. The number of benzene rings is 2. The highest BCUT2D eigenvalue weighted by Crippen LogP contribution is 2.50. The van der Waals surface area contributed by atoms with Crippen LogP contribution in [0.4, 0.5) is 5.69 Å². The molecule has 6 nitrogen and oxygen atoms in total. The highest BCUT2D eigenvalue weighted by molar-refractivity contribution is 6.14. The Morgan fingerprint density at radius 1 is 0.935 bits per heavy atom. The van der Waals surface area contributed by atoms with Crippen molar-refractivity contribution in [2.75, 3.05) is 5.32 Å². The molecule has 2 aromatic rings. The van der Waals surface area contributed by atoms with Crippen LogP contribution in [0.5, 0.6) is 0 Å². The second kappa shape index (κ2) is 6.76. The minimum Gasteiger partial charge on any atom is -0.326 e. The summed E-state index contributed by atoms with van der Waals surface area (Å²) in [5.74, 6) is -1.54. The third-order valence-electron chi connectivity index (χ3n) is 7.81. The number of fused-ring (bicyclic) bond motifs is 4. The molecule has 3 heterocycles. The molecule has 2 saturated heterocycles. The van der Waals surface area contributed by atoms with Crippen LogP contribution >= 0.6 is 0 Å². The summed E-state index contributed by atoms with van der Waals surface area (Å²) in [6.07, 6.45) is 4.49. The van der Waals surface area contributed by atoms with Crippen LogP contribution in [0.1, 0.15) is 36.8 Å². The van der Waals surface area contributed by atoms with Gasteiger partial charge in [-0.3, -0.25) is 19.3 Å². The molecule has 4 atom stereocenters. The van der Waals surface area contributed by atoms with Gasteiger partial charge in [0.15, 0.2) is 0 Å². The fourth-order valence-electron chi connectivity index (χ4n) is 6.54. The van der Waals surface area contributed by atoms with E-state index in [0.717, 1.165) is 42.5 Å². The molecule has 3 N–H and O–H groups in total. The Bertz CT molecular complexity index is 1080. The largest absolute Gasteiger partial charge is 0.326 e. The molecule has 1 saturated carbocycles. The smallest absolute Gasteiger partial charge is 0.291 e. The van der Waals surface area contributed by atoms with E-state index >= 15 is 0 Å². The Labute approximate surface area is 181 Å². The number of carbonyl (C=O) groups is 3. The third kappa shape index (κ3) is 2.51. The van der Waals surface area contributed by atoms with Crippen LogP contribution in [-0.2, 0) is 26.3 Å². The number of amides is 3. The lowest BCUT2D eigenvalue weighted by molar-refractivity contribution is -0.733. The maximum atomic E-state index is 13.8. The summed E-state index contributed by atoms with van der Waals surface area (Å²) in [4.78, 5) is 42.5. The number of nitrogens with two attached hydrogens (primary N) is 1. The Morgan fingerprint density at radius 2 is 1.65 bits per heavy atom. The van der Waals surface area contributed by atoms with Crippen molar-refractivity contribution in [1.82, 2.24) is 4.90 Å². The lowest BCUT2D eigenvalue weighted by Crippen LogP contribution is -2.99. The van der Waals surface area contributed by atoms with Gasteiger partial charge in [0.2, 0.25) is 17.4 Å². The van der Waals surface area contributed by atoms with Gasteiger partial charge in [0, 0.05) is 18.0 Å². The first kappa shape index (κ1) is 18.8. The number of imide groups is 1. The number of hydrogen-bond acceptors (Lipinski definition) is 3. The number of hydrogen-bond donors (Lipinski definition) is 2. The van der Waals surface area contributed by atoms with Gasteiger partial charge in [0.05, 0.1) is 5.69 Å². The zero-order chi connectivity index (χ0) is 21.2. The molecule has 0 aromatic heterocycles. The maximum absolute atomic E-state index is 13.8. The minimum absolute atomic E-state index is 0.0141. The van der Waals surface area contributed by atoms with E-state index in [2.05, 4.69) is 5.32 Å². The van der Waals surface area contributed by atoms with Gasteiger partial charge in [-0.05, 0) is 24.5 Å². The van der Waals surface area contributed by atoms with Gasteiger partial charge in [-0.25, -0.2) is 0 Å². The highest BCUT2D eigenvalue weighted by Gasteiger charge is 2.74. The number of quaternary nitrogens is 1. The fourth-order valence-corrected chi connectivity index (χ4v) is 6.54. The molecule has 6 rings (SSSR count). The molecule has 158 valence electrons. The average Bonchev–Trinajstić information content (AvgIpc) is 3.52. The van der Waals surface area contributed by atoms with Crippen LogP contribution in [0.15, 0.2) is 54.6 Å². The van der Waals surface area contributed by atoms with Gasteiger partial charge in [0.25, 0.3) is 5.91 Å². The number of likely N-dealkylation sites (tertiary alicyclic amines) is 1. The quantitative estimate of drug-likeness (QED) is 0.745. The maximum Gasteiger partial charge on any atom is 0.291 e. The standard InChI is InChI=1S/C25H25N3O3/c29-22-20-19(14-15-8-2-1-3-9-15)27-25(17-12-6-7-13-18(17)26-24(25)31)21(20)23(30)28(22)16-10-4-5-11-16/h1-3,6-9,12-13,16,19-21,27H,4-5,10-11,14H2,(H,26,31)/p+1/t19-,20-,21+,25-/m1/s1. The van der Waals surface area contributed by atoms with Gasteiger partial charge in [-0.1, -0.05) is 61.4 Å². The molecular weight excluding hydrogens is 390 g/mol. The molecular formula is C25H26N3O3+. The second-order valence-electron chi connectivity index (χ2n) is 9.38. The molecule has 1 aliphatic carbocycles. The zero-order valence-electron chi connectivity index (χ0n) is 17.3. The van der Waals surface area contributed by atoms with Crippen molar-refractivity contribution in [3.63, 3.8) is 0 Å². The normalized spacial score (nSPS) is 32.1. The van der Waals surface area contributed by atoms with E-state index in [1.165, 1.54) is 0 Å². The number of nitrogens with one attached hydrogen (secondary N) is 1. The van der Waals surface area contributed by atoms with Crippen molar-refractivity contribution in [2.45, 2.75) is 49.7 Å². The predicted octanol–water partition coefficient (Wildman–Crippen LogP) is 1.57. The van der Waals surface area contributed by atoms with E-state index in [9.17, 15) is 14.4 Å². The topological polar surface area (TPSA) is 83.1 Å². The van der Waals surface area contributed by atoms with E-state index < -0.39 is 17.4 Å². The molecule has 3 fully saturated rings. The van der Waals surface area contributed by atoms with E-state index in [4.69, 9.17) is 0 Å². The minimum atomic E-state index is -1.07. The Morgan fingerprint density at radius 3 is 2.42 bits per heavy atom. The first-order valence-electron chi connectivity index (χ1n) is 11.3. The molecule has 3 amide bonds. The van der Waals surface area contributed by atoms with Crippen molar-refractivity contribution in [3.8, 4) is 0 Å². The van der Waals surface area contributed by atoms with Crippen LogP contribution in [0, 0.1) is 11.8 Å². The molecule has 1 spiro atoms. The summed E-state index contributed by atoms with van der Waals surface area (Å²) in [5.41, 5.74) is 1.63. The van der Waals surface area contributed by atoms with E-state index in [-0.39, 0.29) is 29.8 Å². The summed E-state index contributed by atoms with van der Waals surface area (Å²) in [6.45, 7) is 0. The molecule has 6 heteroatoms. The molecule has 2 aromatic carbocycles. The van der Waals surface area contributed by atoms with Crippen molar-refractivity contribution < 1.29 is 19.7 Å². The van der Waals surface area contributed by atoms with Crippen LogP contribution < -0.4 is 10.6 Å². The molecule has 0 radical (unpaired) electrons. The fraction of sp³-hybridized carbons (Fsp3) is 0.400. The lowest BCUT2D eigenvalue weighted by Gasteiger charge is -2.28. The second-order valence-corrected chi connectivity index (χ2v) is 9.38. The summed E-state index contributed by atoms with van der Waals surface area (Å²) < 4.78 is 0. The molecule has 4 aliphatic rings. The van der Waals surface area contributed by atoms with Gasteiger partial charge in [-0.2, -0.15) is 0 Å². The first-order chi connectivity index (χ1) is 15.1. The summed E-state index contributed by atoms with van der Waals surface area (Å²) >= 11 is 0. The highest BCUT2D eigenvalue weighted by atomic mass is 16.2. The van der Waals surface area contributed by atoms with Crippen LogP contribution in [0.25, 0.3) is 0 Å². The predicted molar refractivity (Wildman–Crippen MR) is 114 cm³/mol. The van der Waals surface area contributed by atoms with E-state index in [1.807, 2.05) is 59.9 Å². The summed E-state index contributed by atoms with van der Waals surface area (Å²) in [5, 5.41) is 5.02. The monoisotopic (exact) mass is 416 g/mol. The number of rotatable bonds is 3. The van der Waals surface area contributed by atoms with E-state index in [1.54, 1.807) is 4.90 Å². The SMILES string of the molecule is O=C1[C@H]2[C@@H](C(=O)N1C1CCCC1)[C@@]1([NH2+][C@@H]2Cc2ccccc2)C(=O)Nc2ccccc21. The van der Waals surface area contributed by atoms with Crippen molar-refractivity contribution in [1.29, 1.82) is 0 Å². The number of nitrogens with zero attached hydrogens (tertiary/aromatic N) is 1. The van der Waals surface area contributed by atoms with Gasteiger partial charge in [0.1, 0.15) is 17.9 Å². The van der Waals surface area contributed by atoms with Crippen LogP contribution in [0.2, 0.25) is 0 Å². The molecule has 3 aliphatic heterocycles. The van der Waals surface area contributed by atoms with Gasteiger partial charge in [-0.15, -0.1) is 0 Å². The Hall–Kier alpha value is -2.99. The van der Waals surface area contributed by atoms with Crippen molar-refractivity contribution in [3.05, 3.63) is 65.7 Å². The lowest BCUT2D eigenvalue weighted by atomic mass is 9.76. The Balaban J connectivity index is 1.47. The summed E-state index contributed by atoms with van der Waals surface area (Å²) in [7, 11) is 0. The van der Waals surface area contributed by atoms with E-state index in [0.29, 0.717) is 6.42 Å². The van der Waals surface area contributed by atoms with Crippen molar-refractivity contribution >= 4 is 23.4 Å². The van der Waals surface area contributed by atoms with Gasteiger partial charge >= 0.3 is 0 Å². The number of anilines is 1. The van der Waals surface area contributed by atoms with Crippen LogP contribution in [0.3, 0.4) is 0 Å². The van der Waals surface area contributed by atoms with Gasteiger partial charge < -0.3 is 10.6 Å². The molecule has 31 heavy (non-hydrogen) atoms. The van der Waals surface area contributed by atoms with Crippen molar-refractivity contribution in [2.24, 2.45) is 11.8 Å². The average molecular weight is 417 g/mol. The molecule has 0 bridgehead atoms.